The third-order valence-corrected chi connectivity index (χ3v) is 3.76. The van der Waals surface area contributed by atoms with Crippen LogP contribution >= 0.6 is 11.6 Å². The maximum Gasteiger partial charge on any atom is 0.269 e. The Morgan fingerprint density at radius 2 is 1.93 bits per heavy atom. The quantitative estimate of drug-likeness (QED) is 0.634. The number of carbonyl (C=O) groups is 2. The first kappa shape index (κ1) is 20.2. The summed E-state index contributed by atoms with van der Waals surface area (Å²) >= 11 is 5.85. The lowest BCUT2D eigenvalue weighted by molar-refractivity contribution is -0.114. The summed E-state index contributed by atoms with van der Waals surface area (Å²) in [5.74, 6) is -0.374. The number of rotatable bonds is 7. The van der Waals surface area contributed by atoms with E-state index >= 15 is 0 Å². The van der Waals surface area contributed by atoms with E-state index in [4.69, 9.17) is 16.3 Å². The van der Waals surface area contributed by atoms with Gasteiger partial charge in [-0.3, -0.25) is 15.0 Å². The minimum absolute atomic E-state index is 0.226. The molecule has 2 rings (SSSR count). The van der Waals surface area contributed by atoms with E-state index in [1.54, 1.807) is 43.3 Å². The molecule has 8 heteroatoms. The number of anilines is 1. The van der Waals surface area contributed by atoms with Crippen molar-refractivity contribution in [3.63, 3.8) is 0 Å². The third kappa shape index (κ3) is 5.71. The van der Waals surface area contributed by atoms with Crippen molar-refractivity contribution in [3.8, 4) is 11.8 Å². The molecule has 0 aliphatic rings. The third-order valence-electron chi connectivity index (χ3n) is 3.51. The lowest BCUT2D eigenvalue weighted by Crippen LogP contribution is -2.39. The van der Waals surface area contributed by atoms with Crippen LogP contribution in [0.4, 0.5) is 5.69 Å². The van der Waals surface area contributed by atoms with E-state index in [0.717, 1.165) is 0 Å². The number of carbonyl (C=O) groups excluding carboxylic acids is 2. The van der Waals surface area contributed by atoms with E-state index in [1.165, 1.54) is 13.0 Å². The fourth-order valence-corrected chi connectivity index (χ4v) is 2.44. The van der Waals surface area contributed by atoms with Crippen LogP contribution in [0.3, 0.4) is 0 Å². The molecule has 2 amide bonds. The van der Waals surface area contributed by atoms with Gasteiger partial charge in [-0.1, -0.05) is 23.7 Å². The molecule has 0 aliphatic carbocycles. The van der Waals surface area contributed by atoms with Crippen molar-refractivity contribution in [3.05, 3.63) is 58.6 Å². The average molecular weight is 387 g/mol. The number of hydrogen-bond acceptors (Lipinski definition) is 5. The molecule has 0 aromatic heterocycles. The summed E-state index contributed by atoms with van der Waals surface area (Å²) in [4.78, 5) is 23.7. The standard InChI is InChI=1S/C19H19ClN4O3/c1-3-27-18-10-15(22-12(2)25)8-9-16(18)19(26)24-23-17(11-21)13-4-6-14(20)7-5-13/h4-10,17,23H,3H2,1-2H3,(H,22,25)(H,24,26). The molecule has 0 saturated carbocycles. The molecule has 0 fully saturated rings. The highest BCUT2D eigenvalue weighted by Crippen LogP contribution is 2.24. The zero-order valence-corrected chi connectivity index (χ0v) is 15.6. The van der Waals surface area contributed by atoms with Gasteiger partial charge in [-0.05, 0) is 36.8 Å². The molecule has 0 spiro atoms. The predicted octanol–water partition coefficient (Wildman–Crippen LogP) is 3.20. The van der Waals surface area contributed by atoms with Crippen LogP contribution in [0.1, 0.15) is 35.8 Å². The Balaban J connectivity index is 2.13. The van der Waals surface area contributed by atoms with Crippen LogP contribution in [-0.2, 0) is 4.79 Å². The van der Waals surface area contributed by atoms with E-state index in [-0.39, 0.29) is 11.5 Å². The normalized spacial score (nSPS) is 11.2. The Kier molecular flexibility index (Phi) is 7.17. The monoisotopic (exact) mass is 386 g/mol. The molecule has 0 radical (unpaired) electrons. The summed E-state index contributed by atoms with van der Waals surface area (Å²) < 4.78 is 5.49. The van der Waals surface area contributed by atoms with Crippen molar-refractivity contribution in [1.29, 1.82) is 5.26 Å². The van der Waals surface area contributed by atoms with Crippen LogP contribution in [0.5, 0.6) is 5.75 Å². The Labute approximate surface area is 162 Å². The molecular formula is C19H19ClN4O3. The van der Waals surface area contributed by atoms with Gasteiger partial charge in [0.25, 0.3) is 5.91 Å². The van der Waals surface area contributed by atoms with E-state index in [2.05, 4.69) is 22.2 Å². The van der Waals surface area contributed by atoms with Crippen LogP contribution in [0, 0.1) is 11.3 Å². The second-order valence-corrected chi connectivity index (χ2v) is 5.97. The van der Waals surface area contributed by atoms with Crippen LogP contribution in [0.25, 0.3) is 0 Å². The summed E-state index contributed by atoms with van der Waals surface area (Å²) in [6, 6.07) is 12.7. The van der Waals surface area contributed by atoms with Crippen molar-refractivity contribution in [2.24, 2.45) is 0 Å². The highest BCUT2D eigenvalue weighted by molar-refractivity contribution is 6.30. The maximum atomic E-state index is 12.5. The van der Waals surface area contributed by atoms with Crippen molar-refractivity contribution in [2.75, 3.05) is 11.9 Å². The number of hydrogen-bond donors (Lipinski definition) is 3. The number of ether oxygens (including phenoxy) is 1. The first-order valence-corrected chi connectivity index (χ1v) is 8.57. The molecule has 0 bridgehead atoms. The number of halogens is 1. The van der Waals surface area contributed by atoms with Crippen molar-refractivity contribution < 1.29 is 14.3 Å². The topological polar surface area (TPSA) is 103 Å². The average Bonchev–Trinajstić information content (AvgIpc) is 2.63. The number of hydrazine groups is 1. The minimum Gasteiger partial charge on any atom is -0.493 e. The van der Waals surface area contributed by atoms with Crippen molar-refractivity contribution in [2.45, 2.75) is 19.9 Å². The molecule has 7 nitrogen and oxygen atoms in total. The summed E-state index contributed by atoms with van der Waals surface area (Å²) in [6.07, 6.45) is 0. The van der Waals surface area contributed by atoms with Gasteiger partial charge in [0, 0.05) is 23.7 Å². The lowest BCUT2D eigenvalue weighted by Gasteiger charge is -2.15. The highest BCUT2D eigenvalue weighted by atomic mass is 35.5. The highest BCUT2D eigenvalue weighted by Gasteiger charge is 2.16. The predicted molar refractivity (Wildman–Crippen MR) is 102 cm³/mol. The van der Waals surface area contributed by atoms with Gasteiger partial charge in [-0.25, -0.2) is 5.43 Å². The van der Waals surface area contributed by atoms with Crippen molar-refractivity contribution in [1.82, 2.24) is 10.9 Å². The fourth-order valence-electron chi connectivity index (χ4n) is 2.32. The zero-order chi connectivity index (χ0) is 19.8. The van der Waals surface area contributed by atoms with Gasteiger partial charge in [-0.15, -0.1) is 0 Å². The molecule has 140 valence electrons. The maximum absolute atomic E-state index is 12.5. The Morgan fingerprint density at radius 3 is 2.52 bits per heavy atom. The first-order valence-electron chi connectivity index (χ1n) is 8.20. The largest absolute Gasteiger partial charge is 0.493 e. The molecule has 27 heavy (non-hydrogen) atoms. The fraction of sp³-hybridized carbons (Fsp3) is 0.211. The van der Waals surface area contributed by atoms with E-state index in [0.29, 0.717) is 28.6 Å². The van der Waals surface area contributed by atoms with Crippen LogP contribution in [0.2, 0.25) is 5.02 Å². The smallest absolute Gasteiger partial charge is 0.269 e. The Hall–Kier alpha value is -3.08. The molecule has 1 unspecified atom stereocenters. The zero-order valence-electron chi connectivity index (χ0n) is 14.9. The summed E-state index contributed by atoms with van der Waals surface area (Å²) in [6.45, 7) is 3.53. The van der Waals surface area contributed by atoms with E-state index < -0.39 is 11.9 Å². The molecule has 1 atom stereocenters. The van der Waals surface area contributed by atoms with Gasteiger partial charge in [0.05, 0.1) is 18.2 Å². The number of nitriles is 1. The van der Waals surface area contributed by atoms with Crippen molar-refractivity contribution >= 4 is 29.1 Å². The second kappa shape index (κ2) is 9.57. The second-order valence-electron chi connectivity index (χ2n) is 5.54. The molecule has 0 heterocycles. The van der Waals surface area contributed by atoms with Gasteiger partial charge >= 0.3 is 0 Å². The minimum atomic E-state index is -0.750. The summed E-state index contributed by atoms with van der Waals surface area (Å²) in [5, 5.41) is 12.5. The molecule has 2 aromatic rings. The van der Waals surface area contributed by atoms with Gasteiger partial charge in [0.15, 0.2) is 0 Å². The van der Waals surface area contributed by atoms with E-state index in [1.807, 2.05) is 0 Å². The SMILES string of the molecule is CCOc1cc(NC(C)=O)ccc1C(=O)NNC(C#N)c1ccc(Cl)cc1. The van der Waals surface area contributed by atoms with Gasteiger partial charge in [0.2, 0.25) is 5.91 Å². The molecule has 0 aliphatic heterocycles. The number of benzene rings is 2. The Bertz CT molecular complexity index is 862. The summed E-state index contributed by atoms with van der Waals surface area (Å²) in [5.41, 5.74) is 6.65. The number of nitrogens with zero attached hydrogens (tertiary/aromatic N) is 1. The summed E-state index contributed by atoms with van der Waals surface area (Å²) in [7, 11) is 0. The van der Waals surface area contributed by atoms with Gasteiger partial charge < -0.3 is 10.1 Å². The lowest BCUT2D eigenvalue weighted by atomic mass is 10.1. The molecule has 2 aromatic carbocycles. The molecular weight excluding hydrogens is 368 g/mol. The number of amides is 2. The number of nitrogens with one attached hydrogen (secondary N) is 3. The van der Waals surface area contributed by atoms with Gasteiger partial charge in [-0.2, -0.15) is 5.26 Å². The van der Waals surface area contributed by atoms with Crippen LogP contribution < -0.4 is 20.9 Å². The molecule has 3 N–H and O–H groups in total. The Morgan fingerprint density at radius 1 is 1.22 bits per heavy atom. The molecule has 0 saturated heterocycles. The van der Waals surface area contributed by atoms with Gasteiger partial charge in [0.1, 0.15) is 11.8 Å². The van der Waals surface area contributed by atoms with Crippen LogP contribution in [0.15, 0.2) is 42.5 Å². The van der Waals surface area contributed by atoms with Crippen LogP contribution in [-0.4, -0.2) is 18.4 Å². The first-order chi connectivity index (χ1) is 12.9. The van der Waals surface area contributed by atoms with E-state index in [9.17, 15) is 14.9 Å².